The van der Waals surface area contributed by atoms with E-state index in [1.807, 2.05) is 0 Å². The van der Waals surface area contributed by atoms with Gasteiger partial charge in [-0.25, -0.2) is 0 Å². The fourth-order valence-electron chi connectivity index (χ4n) is 3.92. The lowest BCUT2D eigenvalue weighted by Gasteiger charge is -2.43. The largest absolute Gasteiger partial charge is 0.407 e. The molecule has 0 saturated heterocycles. The summed E-state index contributed by atoms with van der Waals surface area (Å²) in [6.45, 7) is 9.24. The van der Waals surface area contributed by atoms with Crippen molar-refractivity contribution in [1.29, 1.82) is 0 Å². The van der Waals surface area contributed by atoms with Gasteiger partial charge in [-0.3, -0.25) is 4.79 Å². The second kappa shape index (κ2) is 6.89. The summed E-state index contributed by atoms with van der Waals surface area (Å²) in [4.78, 5) is 11.6. The Labute approximate surface area is 152 Å². The highest BCUT2D eigenvalue weighted by Gasteiger charge is 2.52. The van der Waals surface area contributed by atoms with Crippen molar-refractivity contribution < 1.29 is 9.22 Å². The molecule has 3 rings (SSSR count). The van der Waals surface area contributed by atoms with E-state index in [2.05, 4.69) is 81.4 Å². The number of hydrogen-bond donors (Lipinski definition) is 0. The van der Waals surface area contributed by atoms with E-state index >= 15 is 0 Å². The van der Waals surface area contributed by atoms with Gasteiger partial charge in [0.05, 0.1) is 0 Å². The standard InChI is InChI=1S/C22H28O2Si/c1-17(23)21-15-18(21)16-24-25(22(2,3)4,19-11-7-5-8-12-19)20-13-9-6-10-14-20/h5-14,18,21H,15-16H2,1-4H3/t18-,21-/m0/s1. The molecule has 1 aliphatic rings. The third-order valence-corrected chi connectivity index (χ3v) is 10.4. The lowest BCUT2D eigenvalue weighted by Crippen LogP contribution is -2.66. The first-order valence-electron chi connectivity index (χ1n) is 9.12. The Kier molecular flexibility index (Phi) is 4.98. The molecule has 1 fully saturated rings. The minimum absolute atomic E-state index is 0.00365. The van der Waals surface area contributed by atoms with Crippen molar-refractivity contribution in [1.82, 2.24) is 0 Å². The Hall–Kier alpha value is -1.71. The van der Waals surface area contributed by atoms with Gasteiger partial charge in [0, 0.05) is 12.5 Å². The zero-order chi connectivity index (χ0) is 18.1. The number of ketones is 1. The molecule has 0 bridgehead atoms. The van der Waals surface area contributed by atoms with Gasteiger partial charge in [-0.15, -0.1) is 0 Å². The maximum Gasteiger partial charge on any atom is 0.261 e. The lowest BCUT2D eigenvalue weighted by atomic mass is 10.2. The molecule has 2 aromatic rings. The molecular formula is C22H28O2Si. The van der Waals surface area contributed by atoms with E-state index < -0.39 is 8.32 Å². The van der Waals surface area contributed by atoms with Crippen molar-refractivity contribution in [2.45, 2.75) is 39.2 Å². The van der Waals surface area contributed by atoms with Crippen LogP contribution in [0.1, 0.15) is 34.1 Å². The fraction of sp³-hybridized carbons (Fsp3) is 0.409. The van der Waals surface area contributed by atoms with Gasteiger partial charge in [-0.05, 0) is 34.7 Å². The van der Waals surface area contributed by atoms with Crippen LogP contribution in [0.3, 0.4) is 0 Å². The quantitative estimate of drug-likeness (QED) is 0.740. The first-order valence-corrected chi connectivity index (χ1v) is 11.0. The average Bonchev–Trinajstić information content (AvgIpc) is 3.36. The molecular weight excluding hydrogens is 324 g/mol. The molecule has 25 heavy (non-hydrogen) atoms. The van der Waals surface area contributed by atoms with E-state index in [-0.39, 0.29) is 11.0 Å². The van der Waals surface area contributed by atoms with E-state index in [9.17, 15) is 4.79 Å². The second-order valence-corrected chi connectivity index (χ2v) is 12.5. The summed E-state index contributed by atoms with van der Waals surface area (Å²) >= 11 is 0. The van der Waals surface area contributed by atoms with Crippen LogP contribution < -0.4 is 10.4 Å². The van der Waals surface area contributed by atoms with Gasteiger partial charge in [-0.2, -0.15) is 0 Å². The van der Waals surface area contributed by atoms with Gasteiger partial charge < -0.3 is 4.43 Å². The van der Waals surface area contributed by atoms with Crippen LogP contribution in [0.5, 0.6) is 0 Å². The van der Waals surface area contributed by atoms with Crippen LogP contribution in [-0.4, -0.2) is 20.7 Å². The van der Waals surface area contributed by atoms with E-state index in [4.69, 9.17) is 4.43 Å². The molecule has 0 N–H and O–H groups in total. The van der Waals surface area contributed by atoms with Crippen LogP contribution in [0.25, 0.3) is 0 Å². The van der Waals surface area contributed by atoms with Crippen molar-refractivity contribution in [2.75, 3.05) is 6.61 Å². The van der Waals surface area contributed by atoms with E-state index in [1.165, 1.54) is 10.4 Å². The van der Waals surface area contributed by atoms with Crippen LogP contribution >= 0.6 is 0 Å². The number of Topliss-reactive ketones (excluding diaryl/α,β-unsaturated/α-hetero) is 1. The van der Waals surface area contributed by atoms with Crippen LogP contribution in [0.2, 0.25) is 5.04 Å². The van der Waals surface area contributed by atoms with E-state index in [0.717, 1.165) is 6.42 Å². The fourth-order valence-corrected chi connectivity index (χ4v) is 8.54. The Bertz CT molecular complexity index is 679. The minimum atomic E-state index is -2.45. The summed E-state index contributed by atoms with van der Waals surface area (Å²) in [5.41, 5.74) is 0. The maximum absolute atomic E-state index is 11.6. The summed E-state index contributed by atoms with van der Waals surface area (Å²) in [6, 6.07) is 21.4. The topological polar surface area (TPSA) is 26.3 Å². The molecule has 0 aliphatic heterocycles. The Balaban J connectivity index is 2.02. The van der Waals surface area contributed by atoms with Crippen molar-refractivity contribution in [3.8, 4) is 0 Å². The van der Waals surface area contributed by atoms with E-state index in [1.54, 1.807) is 6.92 Å². The maximum atomic E-state index is 11.6. The molecule has 1 saturated carbocycles. The predicted octanol–water partition coefficient (Wildman–Crippen LogP) is 3.79. The summed E-state index contributed by atoms with van der Waals surface area (Å²) in [6.07, 6.45) is 0.980. The van der Waals surface area contributed by atoms with Crippen molar-refractivity contribution in [3.05, 3.63) is 60.7 Å². The van der Waals surface area contributed by atoms with Gasteiger partial charge >= 0.3 is 0 Å². The Morgan fingerprint density at radius 2 is 1.48 bits per heavy atom. The zero-order valence-corrected chi connectivity index (χ0v) is 16.7. The summed E-state index contributed by atoms with van der Waals surface area (Å²) in [7, 11) is -2.45. The average molecular weight is 353 g/mol. The van der Waals surface area contributed by atoms with Crippen LogP contribution in [0.15, 0.2) is 60.7 Å². The molecule has 132 valence electrons. The molecule has 0 unspecified atom stereocenters. The molecule has 0 aromatic heterocycles. The molecule has 3 heteroatoms. The van der Waals surface area contributed by atoms with Crippen molar-refractivity contribution in [3.63, 3.8) is 0 Å². The summed E-state index contributed by atoms with van der Waals surface area (Å²) in [5, 5.41) is 2.60. The van der Waals surface area contributed by atoms with Crippen molar-refractivity contribution >= 4 is 24.5 Å². The molecule has 0 spiro atoms. The Morgan fingerprint density at radius 1 is 1.00 bits per heavy atom. The molecule has 0 heterocycles. The third-order valence-electron chi connectivity index (χ3n) is 5.38. The molecule has 2 aromatic carbocycles. The molecule has 2 nitrogen and oxygen atoms in total. The monoisotopic (exact) mass is 352 g/mol. The second-order valence-electron chi connectivity index (χ2n) is 8.19. The zero-order valence-electron chi connectivity index (χ0n) is 15.7. The predicted molar refractivity (Wildman–Crippen MR) is 106 cm³/mol. The van der Waals surface area contributed by atoms with Gasteiger partial charge in [0.15, 0.2) is 0 Å². The van der Waals surface area contributed by atoms with E-state index in [0.29, 0.717) is 18.3 Å². The van der Waals surface area contributed by atoms with Gasteiger partial charge in [-0.1, -0.05) is 81.4 Å². The normalized spacial score (nSPS) is 20.3. The first kappa shape index (κ1) is 18.1. The van der Waals surface area contributed by atoms with Crippen LogP contribution in [-0.2, 0) is 9.22 Å². The Morgan fingerprint density at radius 3 is 1.84 bits per heavy atom. The van der Waals surface area contributed by atoms with Gasteiger partial charge in [0.25, 0.3) is 8.32 Å². The molecule has 2 atom stereocenters. The smallest absolute Gasteiger partial charge is 0.261 e. The lowest BCUT2D eigenvalue weighted by molar-refractivity contribution is -0.118. The molecule has 0 radical (unpaired) electrons. The van der Waals surface area contributed by atoms with Crippen LogP contribution in [0.4, 0.5) is 0 Å². The first-order chi connectivity index (χ1) is 11.9. The number of carbonyl (C=O) groups is 1. The summed E-state index contributed by atoms with van der Waals surface area (Å²) in [5.74, 6) is 0.897. The van der Waals surface area contributed by atoms with Gasteiger partial charge in [0.2, 0.25) is 0 Å². The summed E-state index contributed by atoms with van der Waals surface area (Å²) < 4.78 is 6.86. The number of rotatable bonds is 6. The highest BCUT2D eigenvalue weighted by Crippen LogP contribution is 2.42. The van der Waals surface area contributed by atoms with Crippen LogP contribution in [0, 0.1) is 11.8 Å². The SMILES string of the molecule is CC(=O)[C@@H]1C[C@H]1CO[Si](c1ccccc1)(c1ccccc1)C(C)(C)C. The minimum Gasteiger partial charge on any atom is -0.407 e. The molecule has 0 amide bonds. The van der Waals surface area contributed by atoms with Gasteiger partial charge in [0.1, 0.15) is 5.78 Å². The number of carbonyl (C=O) groups excluding carboxylic acids is 1. The number of hydrogen-bond acceptors (Lipinski definition) is 2. The molecule has 1 aliphatic carbocycles. The highest BCUT2D eigenvalue weighted by atomic mass is 28.4. The van der Waals surface area contributed by atoms with Crippen molar-refractivity contribution in [2.24, 2.45) is 11.8 Å². The number of benzene rings is 2. The third kappa shape index (κ3) is 3.49. The highest BCUT2D eigenvalue weighted by molar-refractivity contribution is 6.99.